The van der Waals surface area contributed by atoms with Crippen LogP contribution in [0.2, 0.25) is 0 Å². The summed E-state index contributed by atoms with van der Waals surface area (Å²) in [7, 11) is 0. The molecule has 0 saturated heterocycles. The Morgan fingerprint density at radius 1 is 1.28 bits per heavy atom. The molecule has 2 heterocycles. The van der Waals surface area contributed by atoms with Crippen molar-refractivity contribution >= 4 is 17.2 Å². The minimum atomic E-state index is -0.333. The zero-order valence-corrected chi connectivity index (χ0v) is 15.4. The predicted octanol–water partition coefficient (Wildman–Crippen LogP) is 4.72. The van der Waals surface area contributed by atoms with Crippen LogP contribution in [0.1, 0.15) is 52.3 Å². The number of fused-ring (bicyclic) bond motifs is 1. The molecule has 25 heavy (non-hydrogen) atoms. The molecule has 1 aliphatic rings. The third-order valence-corrected chi connectivity index (χ3v) is 6.20. The van der Waals surface area contributed by atoms with Gasteiger partial charge in [-0.3, -0.25) is 4.79 Å². The minimum Gasteiger partial charge on any atom is -0.366 e. The van der Waals surface area contributed by atoms with Crippen LogP contribution in [0.25, 0.3) is 10.4 Å². The van der Waals surface area contributed by atoms with Gasteiger partial charge in [0.25, 0.3) is 5.91 Å². The lowest BCUT2D eigenvalue weighted by molar-refractivity contribution is 0.1000. The number of aryl methyl sites for hydroxylation is 1. The Bertz CT molecular complexity index is 937. The van der Waals surface area contributed by atoms with Gasteiger partial charge in [-0.05, 0) is 48.8 Å². The van der Waals surface area contributed by atoms with Crippen LogP contribution in [0, 0.1) is 6.92 Å². The molecule has 0 bridgehead atoms. The van der Waals surface area contributed by atoms with E-state index < -0.39 is 0 Å². The topological polar surface area (TPSA) is 48.0 Å². The van der Waals surface area contributed by atoms with Crippen molar-refractivity contribution in [1.82, 2.24) is 4.57 Å². The van der Waals surface area contributed by atoms with Crippen LogP contribution in [0.4, 0.5) is 0 Å². The molecule has 4 heteroatoms. The maximum absolute atomic E-state index is 12.3. The van der Waals surface area contributed by atoms with Crippen LogP contribution in [0.15, 0.2) is 41.8 Å². The van der Waals surface area contributed by atoms with E-state index in [0.717, 1.165) is 35.4 Å². The van der Waals surface area contributed by atoms with Gasteiger partial charge in [-0.15, -0.1) is 11.3 Å². The Kier molecular flexibility index (Phi) is 4.00. The number of primary amides is 1. The van der Waals surface area contributed by atoms with Gasteiger partial charge in [0.2, 0.25) is 0 Å². The highest BCUT2D eigenvalue weighted by Crippen LogP contribution is 2.42. The number of benzene rings is 1. The molecule has 1 atom stereocenters. The number of hydrogen-bond acceptors (Lipinski definition) is 2. The molecule has 3 aromatic rings. The van der Waals surface area contributed by atoms with E-state index in [1.54, 1.807) is 11.3 Å². The summed E-state index contributed by atoms with van der Waals surface area (Å²) in [5, 5.41) is 2.05. The second-order valence-electron chi connectivity index (χ2n) is 6.60. The zero-order chi connectivity index (χ0) is 17.6. The van der Waals surface area contributed by atoms with Crippen molar-refractivity contribution in [2.24, 2.45) is 5.73 Å². The second kappa shape index (κ2) is 6.19. The van der Waals surface area contributed by atoms with E-state index in [-0.39, 0.29) is 11.9 Å². The van der Waals surface area contributed by atoms with Gasteiger partial charge in [-0.1, -0.05) is 37.3 Å². The van der Waals surface area contributed by atoms with Crippen molar-refractivity contribution in [3.8, 4) is 10.4 Å². The summed E-state index contributed by atoms with van der Waals surface area (Å²) in [5.41, 5.74) is 12.5. The van der Waals surface area contributed by atoms with Gasteiger partial charge in [0.05, 0.1) is 11.6 Å². The van der Waals surface area contributed by atoms with Gasteiger partial charge in [-0.25, -0.2) is 0 Å². The molecule has 0 fully saturated rings. The Balaban J connectivity index is 1.98. The highest BCUT2D eigenvalue weighted by Gasteiger charge is 2.31. The van der Waals surface area contributed by atoms with Gasteiger partial charge >= 0.3 is 0 Å². The molecular weight excluding hydrogens is 328 g/mol. The van der Waals surface area contributed by atoms with Gasteiger partial charge in [0.15, 0.2) is 0 Å². The number of aromatic nitrogens is 1. The SMILES string of the molecule is CCc1c(-c2cccs2)c(C(N)=O)c(C)n1C1CCc2ccccc21. The Hall–Kier alpha value is -2.33. The molecule has 0 aliphatic heterocycles. The Labute approximate surface area is 152 Å². The predicted molar refractivity (Wildman–Crippen MR) is 103 cm³/mol. The van der Waals surface area contributed by atoms with Gasteiger partial charge < -0.3 is 10.3 Å². The molecule has 1 aromatic carbocycles. The molecule has 1 aliphatic carbocycles. The van der Waals surface area contributed by atoms with Crippen molar-refractivity contribution in [3.05, 3.63) is 69.9 Å². The number of carbonyl (C=O) groups excluding carboxylic acids is 1. The normalized spacial score (nSPS) is 16.2. The summed E-state index contributed by atoms with van der Waals surface area (Å²) in [6.07, 6.45) is 3.03. The largest absolute Gasteiger partial charge is 0.366 e. The lowest BCUT2D eigenvalue weighted by atomic mass is 10.1. The number of nitrogens with two attached hydrogens (primary N) is 1. The molecule has 4 rings (SSSR count). The van der Waals surface area contributed by atoms with Crippen LogP contribution >= 0.6 is 11.3 Å². The first-order valence-corrected chi connectivity index (χ1v) is 9.66. The van der Waals surface area contributed by atoms with Crippen LogP contribution in [-0.2, 0) is 12.8 Å². The fourth-order valence-electron chi connectivity index (χ4n) is 4.33. The van der Waals surface area contributed by atoms with Crippen molar-refractivity contribution in [3.63, 3.8) is 0 Å². The average molecular weight is 350 g/mol. The number of thiophene rings is 1. The van der Waals surface area contributed by atoms with Crippen molar-refractivity contribution < 1.29 is 4.79 Å². The third-order valence-electron chi connectivity index (χ3n) is 5.31. The molecule has 2 aromatic heterocycles. The zero-order valence-electron chi connectivity index (χ0n) is 14.6. The quantitative estimate of drug-likeness (QED) is 0.727. The summed E-state index contributed by atoms with van der Waals surface area (Å²) in [6, 6.07) is 13.1. The number of rotatable bonds is 4. The summed E-state index contributed by atoms with van der Waals surface area (Å²) < 4.78 is 2.38. The van der Waals surface area contributed by atoms with E-state index in [1.807, 2.05) is 13.0 Å². The van der Waals surface area contributed by atoms with Crippen molar-refractivity contribution in [2.45, 2.75) is 39.2 Å². The molecule has 1 amide bonds. The second-order valence-corrected chi connectivity index (χ2v) is 7.55. The summed E-state index contributed by atoms with van der Waals surface area (Å²) in [4.78, 5) is 13.4. The fraction of sp³-hybridized carbons (Fsp3) is 0.286. The summed E-state index contributed by atoms with van der Waals surface area (Å²) >= 11 is 1.67. The van der Waals surface area contributed by atoms with E-state index in [4.69, 9.17) is 5.73 Å². The van der Waals surface area contributed by atoms with Crippen LogP contribution in [0.5, 0.6) is 0 Å². The van der Waals surface area contributed by atoms with E-state index in [1.165, 1.54) is 16.8 Å². The molecule has 0 saturated carbocycles. The highest BCUT2D eigenvalue weighted by molar-refractivity contribution is 7.13. The van der Waals surface area contributed by atoms with E-state index in [0.29, 0.717) is 5.56 Å². The summed E-state index contributed by atoms with van der Waals surface area (Å²) in [5.74, 6) is -0.333. The van der Waals surface area contributed by atoms with E-state index in [2.05, 4.69) is 47.2 Å². The maximum Gasteiger partial charge on any atom is 0.251 e. The number of nitrogens with zero attached hydrogens (tertiary/aromatic N) is 1. The number of hydrogen-bond donors (Lipinski definition) is 1. The van der Waals surface area contributed by atoms with Gasteiger partial charge in [-0.2, -0.15) is 0 Å². The first-order valence-electron chi connectivity index (χ1n) is 8.78. The van der Waals surface area contributed by atoms with Gasteiger partial charge in [0.1, 0.15) is 0 Å². The van der Waals surface area contributed by atoms with Crippen molar-refractivity contribution in [2.75, 3.05) is 0 Å². The smallest absolute Gasteiger partial charge is 0.251 e. The number of amides is 1. The van der Waals surface area contributed by atoms with Crippen LogP contribution in [0.3, 0.4) is 0 Å². The molecule has 128 valence electrons. The monoisotopic (exact) mass is 350 g/mol. The Morgan fingerprint density at radius 3 is 2.76 bits per heavy atom. The molecule has 0 spiro atoms. The lowest BCUT2D eigenvalue weighted by Gasteiger charge is -2.20. The number of carbonyl (C=O) groups is 1. The average Bonchev–Trinajstić information content (AvgIpc) is 3.31. The van der Waals surface area contributed by atoms with Crippen LogP contribution in [-0.4, -0.2) is 10.5 Å². The molecule has 0 radical (unpaired) electrons. The van der Waals surface area contributed by atoms with E-state index >= 15 is 0 Å². The van der Waals surface area contributed by atoms with Crippen LogP contribution < -0.4 is 5.73 Å². The Morgan fingerprint density at radius 2 is 2.08 bits per heavy atom. The summed E-state index contributed by atoms with van der Waals surface area (Å²) in [6.45, 7) is 4.20. The minimum absolute atomic E-state index is 0.290. The molecule has 2 N–H and O–H groups in total. The third kappa shape index (κ3) is 2.44. The standard InChI is InChI=1S/C21H22N2OS/c1-3-16-20(18-9-6-12-25-18)19(21(22)24)13(2)23(16)17-11-10-14-7-4-5-8-15(14)17/h4-9,12,17H,3,10-11H2,1-2H3,(H2,22,24). The molecular formula is C21H22N2OS. The first-order chi connectivity index (χ1) is 12.1. The van der Waals surface area contributed by atoms with E-state index in [9.17, 15) is 4.79 Å². The maximum atomic E-state index is 12.3. The van der Waals surface area contributed by atoms with Gasteiger partial charge in [0, 0.05) is 21.8 Å². The highest BCUT2D eigenvalue weighted by atomic mass is 32.1. The first kappa shape index (κ1) is 16.2. The van der Waals surface area contributed by atoms with Crippen molar-refractivity contribution in [1.29, 1.82) is 0 Å². The lowest BCUT2D eigenvalue weighted by Crippen LogP contribution is -2.15. The molecule has 1 unspecified atom stereocenters. The molecule has 3 nitrogen and oxygen atoms in total. The fourth-order valence-corrected chi connectivity index (χ4v) is 5.13.